The predicted molar refractivity (Wildman–Crippen MR) is 65.3 cm³/mol. The van der Waals surface area contributed by atoms with E-state index in [9.17, 15) is 0 Å². The molecular formula is C10H12N4O2S. The van der Waals surface area contributed by atoms with Crippen molar-refractivity contribution in [1.29, 1.82) is 0 Å². The van der Waals surface area contributed by atoms with E-state index in [0.29, 0.717) is 5.13 Å². The first-order valence-electron chi connectivity index (χ1n) is 4.90. The second-order valence-electron chi connectivity index (χ2n) is 3.27. The van der Waals surface area contributed by atoms with Crippen molar-refractivity contribution in [1.82, 2.24) is 14.8 Å². The number of benzene rings is 1. The van der Waals surface area contributed by atoms with Gasteiger partial charge in [0.15, 0.2) is 0 Å². The van der Waals surface area contributed by atoms with Gasteiger partial charge in [0.05, 0.1) is 19.9 Å². The van der Waals surface area contributed by atoms with Gasteiger partial charge < -0.3 is 14.8 Å². The third kappa shape index (κ3) is 2.28. The van der Waals surface area contributed by atoms with Crippen LogP contribution in [0.2, 0.25) is 0 Å². The Labute approximate surface area is 103 Å². The van der Waals surface area contributed by atoms with E-state index in [1.807, 2.05) is 19.1 Å². The molecule has 0 aliphatic rings. The zero-order chi connectivity index (χ0) is 12.3. The van der Waals surface area contributed by atoms with Gasteiger partial charge in [-0.3, -0.25) is 0 Å². The maximum Gasteiger partial charge on any atom is 0.229 e. The molecule has 0 aliphatic carbocycles. The van der Waals surface area contributed by atoms with E-state index < -0.39 is 0 Å². The summed E-state index contributed by atoms with van der Waals surface area (Å²) in [7, 11) is 3.24. The number of hydrogen-bond acceptors (Lipinski definition) is 7. The van der Waals surface area contributed by atoms with E-state index in [4.69, 9.17) is 9.47 Å². The summed E-state index contributed by atoms with van der Waals surface area (Å²) in [4.78, 5) is 0. The number of nitrogens with one attached hydrogen (secondary N) is 1. The van der Waals surface area contributed by atoms with Gasteiger partial charge in [0.2, 0.25) is 5.13 Å². The van der Waals surface area contributed by atoms with Gasteiger partial charge in [0.25, 0.3) is 0 Å². The van der Waals surface area contributed by atoms with Gasteiger partial charge in [0.1, 0.15) is 11.5 Å². The van der Waals surface area contributed by atoms with Crippen molar-refractivity contribution in [3.05, 3.63) is 17.7 Å². The molecule has 0 radical (unpaired) electrons. The summed E-state index contributed by atoms with van der Waals surface area (Å²) in [6.45, 7) is 1.93. The van der Waals surface area contributed by atoms with Crippen molar-refractivity contribution in [3.63, 3.8) is 0 Å². The van der Waals surface area contributed by atoms with E-state index in [1.54, 1.807) is 14.2 Å². The minimum absolute atomic E-state index is 0.618. The molecular weight excluding hydrogens is 240 g/mol. The topological polar surface area (TPSA) is 69.2 Å². The van der Waals surface area contributed by atoms with Crippen LogP contribution in [0, 0.1) is 6.92 Å². The molecule has 2 rings (SSSR count). The normalized spacial score (nSPS) is 10.1. The van der Waals surface area contributed by atoms with Crippen molar-refractivity contribution in [2.45, 2.75) is 6.92 Å². The molecule has 17 heavy (non-hydrogen) atoms. The van der Waals surface area contributed by atoms with Crippen LogP contribution in [0.25, 0.3) is 0 Å². The van der Waals surface area contributed by atoms with Crippen LogP contribution in [0.5, 0.6) is 11.5 Å². The van der Waals surface area contributed by atoms with E-state index in [1.165, 1.54) is 11.5 Å². The molecule has 0 saturated carbocycles. The lowest BCUT2D eigenvalue weighted by Crippen LogP contribution is -1.98. The highest BCUT2D eigenvalue weighted by Gasteiger charge is 2.12. The maximum absolute atomic E-state index is 5.36. The first-order chi connectivity index (χ1) is 8.26. The van der Waals surface area contributed by atoms with Gasteiger partial charge in [-0.25, -0.2) is 0 Å². The standard InChI is InChI=1S/C10H12N4O2S/c1-6-8(15-2)5-4-7(9(6)16-3)11-10-12-13-14-17-10/h4-5H,1-3H3,(H,11,12,14). The average molecular weight is 252 g/mol. The number of ether oxygens (including phenoxy) is 2. The summed E-state index contributed by atoms with van der Waals surface area (Å²) in [5, 5.41) is 11.1. The molecule has 1 N–H and O–H groups in total. The second-order valence-corrected chi connectivity index (χ2v) is 4.00. The first kappa shape index (κ1) is 11.6. The van der Waals surface area contributed by atoms with Crippen LogP contribution in [-0.4, -0.2) is 29.0 Å². The molecule has 1 aromatic carbocycles. The van der Waals surface area contributed by atoms with Crippen LogP contribution >= 0.6 is 11.5 Å². The number of methoxy groups -OCH3 is 2. The van der Waals surface area contributed by atoms with Crippen LogP contribution in [0.15, 0.2) is 12.1 Å². The van der Waals surface area contributed by atoms with Gasteiger partial charge in [-0.1, -0.05) is 9.59 Å². The van der Waals surface area contributed by atoms with Gasteiger partial charge in [-0.2, -0.15) is 0 Å². The minimum atomic E-state index is 0.618. The number of rotatable bonds is 4. The Morgan fingerprint density at radius 1 is 1.24 bits per heavy atom. The third-order valence-corrected chi connectivity index (χ3v) is 2.83. The van der Waals surface area contributed by atoms with Crippen LogP contribution in [0.3, 0.4) is 0 Å². The Balaban J connectivity index is 2.37. The Morgan fingerprint density at radius 3 is 2.65 bits per heavy atom. The van der Waals surface area contributed by atoms with Gasteiger partial charge >= 0.3 is 0 Å². The lowest BCUT2D eigenvalue weighted by molar-refractivity contribution is 0.390. The number of aromatic nitrogens is 3. The molecule has 90 valence electrons. The quantitative estimate of drug-likeness (QED) is 0.897. The van der Waals surface area contributed by atoms with Crippen molar-refractivity contribution in [2.75, 3.05) is 19.5 Å². The SMILES string of the molecule is COc1ccc(Nc2nnns2)c(OC)c1C. The molecule has 2 aromatic rings. The average Bonchev–Trinajstić information content (AvgIpc) is 2.82. The zero-order valence-corrected chi connectivity index (χ0v) is 10.5. The van der Waals surface area contributed by atoms with Gasteiger partial charge in [-0.15, -0.1) is 0 Å². The third-order valence-electron chi connectivity index (χ3n) is 2.32. The van der Waals surface area contributed by atoms with E-state index >= 15 is 0 Å². The summed E-state index contributed by atoms with van der Waals surface area (Å²) in [5.41, 5.74) is 1.74. The highest BCUT2D eigenvalue weighted by molar-refractivity contribution is 7.09. The molecule has 0 spiro atoms. The Kier molecular flexibility index (Phi) is 3.38. The minimum Gasteiger partial charge on any atom is -0.496 e. The van der Waals surface area contributed by atoms with Crippen molar-refractivity contribution in [2.24, 2.45) is 0 Å². The molecule has 0 bridgehead atoms. The molecule has 7 heteroatoms. The molecule has 6 nitrogen and oxygen atoms in total. The molecule has 0 aliphatic heterocycles. The summed E-state index contributed by atoms with van der Waals surface area (Å²) < 4.78 is 14.3. The molecule has 1 heterocycles. The highest BCUT2D eigenvalue weighted by atomic mass is 32.1. The Bertz CT molecular complexity index is 501. The molecule has 0 unspecified atom stereocenters. The number of anilines is 2. The fourth-order valence-corrected chi connectivity index (χ4v) is 1.93. The lowest BCUT2D eigenvalue weighted by Gasteiger charge is -2.14. The second kappa shape index (κ2) is 4.96. The van der Waals surface area contributed by atoms with Crippen LogP contribution < -0.4 is 14.8 Å². The fraction of sp³-hybridized carbons (Fsp3) is 0.300. The van der Waals surface area contributed by atoms with Crippen molar-refractivity contribution >= 4 is 22.4 Å². The van der Waals surface area contributed by atoms with Gasteiger partial charge in [-0.05, 0) is 24.3 Å². The summed E-state index contributed by atoms with van der Waals surface area (Å²) in [5.74, 6) is 1.50. The highest BCUT2D eigenvalue weighted by Crippen LogP contribution is 2.36. The maximum atomic E-state index is 5.36. The van der Waals surface area contributed by atoms with Gasteiger partial charge in [0, 0.05) is 17.1 Å². The smallest absolute Gasteiger partial charge is 0.229 e. The summed E-state index contributed by atoms with van der Waals surface area (Å²) >= 11 is 1.18. The van der Waals surface area contributed by atoms with Crippen LogP contribution in [0.1, 0.15) is 5.56 Å². The molecule has 0 amide bonds. The van der Waals surface area contributed by atoms with Crippen molar-refractivity contribution < 1.29 is 9.47 Å². The molecule has 1 aromatic heterocycles. The molecule has 0 saturated heterocycles. The monoisotopic (exact) mass is 252 g/mol. The molecule has 0 atom stereocenters. The van der Waals surface area contributed by atoms with Crippen LogP contribution in [-0.2, 0) is 0 Å². The largest absolute Gasteiger partial charge is 0.496 e. The van der Waals surface area contributed by atoms with E-state index in [2.05, 4.69) is 20.1 Å². The number of nitrogens with zero attached hydrogens (tertiary/aromatic N) is 3. The lowest BCUT2D eigenvalue weighted by atomic mass is 10.1. The first-order valence-corrected chi connectivity index (χ1v) is 5.67. The zero-order valence-electron chi connectivity index (χ0n) is 9.72. The van der Waals surface area contributed by atoms with Crippen molar-refractivity contribution in [3.8, 4) is 11.5 Å². The van der Waals surface area contributed by atoms with E-state index in [-0.39, 0.29) is 0 Å². The Morgan fingerprint density at radius 2 is 2.06 bits per heavy atom. The van der Waals surface area contributed by atoms with Crippen LogP contribution in [0.4, 0.5) is 10.8 Å². The Hall–Kier alpha value is -1.89. The summed E-state index contributed by atoms with van der Waals surface area (Å²) in [6.07, 6.45) is 0. The predicted octanol–water partition coefficient (Wildman–Crippen LogP) is 2.00. The fourth-order valence-electron chi connectivity index (χ4n) is 1.55. The van der Waals surface area contributed by atoms with E-state index in [0.717, 1.165) is 22.7 Å². The number of hydrogen-bond donors (Lipinski definition) is 1. The summed E-state index contributed by atoms with van der Waals surface area (Å²) in [6, 6.07) is 3.74. The molecule has 0 fully saturated rings.